The highest BCUT2D eigenvalue weighted by Crippen LogP contribution is 2.19. The van der Waals surface area contributed by atoms with Crippen molar-refractivity contribution in [2.45, 2.75) is 32.9 Å². The maximum atomic E-state index is 12.5. The number of carbonyl (C=O) groups is 1. The summed E-state index contributed by atoms with van der Waals surface area (Å²) in [7, 11) is 0. The second-order valence-corrected chi connectivity index (χ2v) is 6.27. The summed E-state index contributed by atoms with van der Waals surface area (Å²) in [6, 6.07) is 13.7. The minimum atomic E-state index is -0.380. The Morgan fingerprint density at radius 2 is 2.07 bits per heavy atom. The first-order valence-electron chi connectivity index (χ1n) is 9.17. The van der Waals surface area contributed by atoms with Gasteiger partial charge in [-0.2, -0.15) is 5.10 Å². The van der Waals surface area contributed by atoms with Crippen LogP contribution in [-0.2, 0) is 13.2 Å². The summed E-state index contributed by atoms with van der Waals surface area (Å²) in [6.07, 6.45) is 5.22. The topological polar surface area (TPSA) is 86.1 Å². The molecule has 0 unspecified atom stereocenters. The van der Waals surface area contributed by atoms with Gasteiger partial charge in [-0.05, 0) is 30.7 Å². The molecule has 0 aliphatic carbocycles. The average Bonchev–Trinajstić information content (AvgIpc) is 2.72. The molecule has 0 aliphatic heterocycles. The largest absolute Gasteiger partial charge is 0.489 e. The SMILES string of the molecule is CCCCn1nc(C(=O)Nc2cccc(OCc3cccnc3)c2)ccc1=O. The molecule has 0 saturated heterocycles. The molecule has 28 heavy (non-hydrogen) atoms. The number of ether oxygens (including phenoxy) is 1. The van der Waals surface area contributed by atoms with Gasteiger partial charge in [0.05, 0.1) is 0 Å². The Balaban J connectivity index is 1.66. The van der Waals surface area contributed by atoms with Crippen molar-refractivity contribution in [3.8, 4) is 5.75 Å². The Kier molecular flexibility index (Phi) is 6.51. The van der Waals surface area contributed by atoms with Gasteiger partial charge in [-0.15, -0.1) is 0 Å². The maximum absolute atomic E-state index is 12.5. The Hall–Kier alpha value is -3.48. The fourth-order valence-corrected chi connectivity index (χ4v) is 2.55. The summed E-state index contributed by atoms with van der Waals surface area (Å²) in [5.74, 6) is 0.247. The van der Waals surface area contributed by atoms with E-state index in [1.165, 1.54) is 16.8 Å². The molecule has 3 aromatic rings. The van der Waals surface area contributed by atoms with E-state index in [1.54, 1.807) is 30.6 Å². The number of rotatable bonds is 8. The second-order valence-electron chi connectivity index (χ2n) is 6.27. The number of benzene rings is 1. The summed E-state index contributed by atoms with van der Waals surface area (Å²) < 4.78 is 7.07. The molecular formula is C21H22N4O3. The van der Waals surface area contributed by atoms with Crippen LogP contribution in [0.25, 0.3) is 0 Å². The first-order valence-corrected chi connectivity index (χ1v) is 9.17. The first kappa shape index (κ1) is 19.3. The number of amides is 1. The molecule has 0 saturated carbocycles. The van der Waals surface area contributed by atoms with Gasteiger partial charge >= 0.3 is 0 Å². The van der Waals surface area contributed by atoms with Crippen LogP contribution >= 0.6 is 0 Å². The predicted octanol–water partition coefficient (Wildman–Crippen LogP) is 3.27. The molecule has 0 aliphatic rings. The number of aromatic nitrogens is 3. The van der Waals surface area contributed by atoms with Crippen molar-refractivity contribution >= 4 is 11.6 Å². The zero-order valence-corrected chi connectivity index (χ0v) is 15.7. The number of aryl methyl sites for hydroxylation is 1. The number of carbonyl (C=O) groups excluding carboxylic acids is 1. The van der Waals surface area contributed by atoms with E-state index in [2.05, 4.69) is 15.4 Å². The molecule has 3 rings (SSSR count). The minimum absolute atomic E-state index is 0.192. The zero-order chi connectivity index (χ0) is 19.8. The van der Waals surface area contributed by atoms with Crippen LogP contribution < -0.4 is 15.6 Å². The van der Waals surface area contributed by atoms with Gasteiger partial charge in [0, 0.05) is 42.3 Å². The quantitative estimate of drug-likeness (QED) is 0.650. The molecule has 2 heterocycles. The number of pyridine rings is 1. The summed E-state index contributed by atoms with van der Waals surface area (Å²) in [4.78, 5) is 28.4. The van der Waals surface area contributed by atoms with Crippen LogP contribution in [0.3, 0.4) is 0 Å². The van der Waals surface area contributed by atoms with Gasteiger partial charge in [-0.1, -0.05) is 25.5 Å². The van der Waals surface area contributed by atoms with E-state index in [1.807, 2.05) is 25.1 Å². The standard InChI is InChI=1S/C21H22N4O3/c1-2-3-12-25-20(26)10-9-19(24-25)21(27)23-17-7-4-8-18(13-17)28-15-16-6-5-11-22-14-16/h4-11,13-14H,2-3,12,15H2,1H3,(H,23,27). The van der Waals surface area contributed by atoms with E-state index < -0.39 is 0 Å². The number of unbranched alkanes of at least 4 members (excludes halogenated alkanes) is 1. The zero-order valence-electron chi connectivity index (χ0n) is 15.7. The smallest absolute Gasteiger partial charge is 0.276 e. The van der Waals surface area contributed by atoms with Crippen LogP contribution in [0.15, 0.2) is 65.7 Å². The summed E-state index contributed by atoms with van der Waals surface area (Å²) in [6.45, 7) is 2.91. The fourth-order valence-electron chi connectivity index (χ4n) is 2.55. The van der Waals surface area contributed by atoms with E-state index >= 15 is 0 Å². The Labute approximate surface area is 163 Å². The maximum Gasteiger partial charge on any atom is 0.276 e. The van der Waals surface area contributed by atoms with Crippen LogP contribution in [0.2, 0.25) is 0 Å². The number of nitrogens with zero attached hydrogens (tertiary/aromatic N) is 3. The molecule has 1 amide bonds. The molecule has 0 atom stereocenters. The highest BCUT2D eigenvalue weighted by atomic mass is 16.5. The number of nitrogens with one attached hydrogen (secondary N) is 1. The Morgan fingerprint density at radius 1 is 1.18 bits per heavy atom. The van der Waals surface area contributed by atoms with Gasteiger partial charge < -0.3 is 10.1 Å². The lowest BCUT2D eigenvalue weighted by Crippen LogP contribution is -2.26. The summed E-state index contributed by atoms with van der Waals surface area (Å²) in [5, 5.41) is 6.95. The van der Waals surface area contributed by atoms with Gasteiger partial charge in [0.15, 0.2) is 0 Å². The molecule has 2 aromatic heterocycles. The Bertz CT molecular complexity index is 986. The molecule has 0 fully saturated rings. The number of anilines is 1. The van der Waals surface area contributed by atoms with E-state index in [9.17, 15) is 9.59 Å². The molecule has 144 valence electrons. The van der Waals surface area contributed by atoms with Crippen molar-refractivity contribution in [3.05, 3.63) is 82.5 Å². The molecular weight excluding hydrogens is 356 g/mol. The van der Waals surface area contributed by atoms with Gasteiger partial charge in [-0.3, -0.25) is 14.6 Å². The van der Waals surface area contributed by atoms with Crippen molar-refractivity contribution < 1.29 is 9.53 Å². The highest BCUT2D eigenvalue weighted by Gasteiger charge is 2.10. The molecule has 0 bridgehead atoms. The van der Waals surface area contributed by atoms with Crippen molar-refractivity contribution in [2.24, 2.45) is 0 Å². The van der Waals surface area contributed by atoms with Gasteiger partial charge in [0.25, 0.3) is 11.5 Å². The molecule has 7 nitrogen and oxygen atoms in total. The number of hydrogen-bond acceptors (Lipinski definition) is 5. The first-order chi connectivity index (χ1) is 13.7. The molecule has 0 spiro atoms. The van der Waals surface area contributed by atoms with Crippen molar-refractivity contribution in [1.29, 1.82) is 0 Å². The van der Waals surface area contributed by atoms with Crippen molar-refractivity contribution in [2.75, 3.05) is 5.32 Å². The van der Waals surface area contributed by atoms with Crippen LogP contribution in [0, 0.1) is 0 Å². The van der Waals surface area contributed by atoms with E-state index in [-0.39, 0.29) is 17.2 Å². The molecule has 1 N–H and O–H groups in total. The van der Waals surface area contributed by atoms with E-state index in [4.69, 9.17) is 4.74 Å². The lowest BCUT2D eigenvalue weighted by Gasteiger charge is -2.10. The highest BCUT2D eigenvalue weighted by molar-refractivity contribution is 6.02. The second kappa shape index (κ2) is 9.45. The van der Waals surface area contributed by atoms with Gasteiger partial charge in [0.2, 0.25) is 0 Å². The average molecular weight is 378 g/mol. The van der Waals surface area contributed by atoms with Crippen LogP contribution in [0.4, 0.5) is 5.69 Å². The predicted molar refractivity (Wildman–Crippen MR) is 106 cm³/mol. The third kappa shape index (κ3) is 5.26. The molecule has 7 heteroatoms. The normalized spacial score (nSPS) is 10.5. The minimum Gasteiger partial charge on any atom is -0.489 e. The third-order valence-corrected chi connectivity index (χ3v) is 4.04. The Morgan fingerprint density at radius 3 is 2.86 bits per heavy atom. The van der Waals surface area contributed by atoms with Crippen LogP contribution in [-0.4, -0.2) is 20.7 Å². The third-order valence-electron chi connectivity index (χ3n) is 4.04. The fraction of sp³-hybridized carbons (Fsp3) is 0.238. The van der Waals surface area contributed by atoms with E-state index in [0.717, 1.165) is 18.4 Å². The lowest BCUT2D eigenvalue weighted by molar-refractivity contribution is 0.101. The van der Waals surface area contributed by atoms with Crippen LogP contribution in [0.1, 0.15) is 35.8 Å². The van der Waals surface area contributed by atoms with Crippen molar-refractivity contribution in [1.82, 2.24) is 14.8 Å². The van der Waals surface area contributed by atoms with Crippen LogP contribution in [0.5, 0.6) is 5.75 Å². The molecule has 1 aromatic carbocycles. The van der Waals surface area contributed by atoms with Gasteiger partial charge in [0.1, 0.15) is 18.1 Å². The summed E-state index contributed by atoms with van der Waals surface area (Å²) in [5.41, 5.74) is 1.52. The van der Waals surface area contributed by atoms with Crippen molar-refractivity contribution in [3.63, 3.8) is 0 Å². The monoisotopic (exact) mass is 378 g/mol. The van der Waals surface area contributed by atoms with Gasteiger partial charge in [-0.25, -0.2) is 4.68 Å². The lowest BCUT2D eigenvalue weighted by atomic mass is 10.2. The number of hydrogen-bond donors (Lipinski definition) is 1. The molecule has 0 radical (unpaired) electrons. The van der Waals surface area contributed by atoms with E-state index in [0.29, 0.717) is 24.6 Å². The summed E-state index contributed by atoms with van der Waals surface area (Å²) >= 11 is 0.